The van der Waals surface area contributed by atoms with Crippen molar-refractivity contribution in [1.82, 2.24) is 15.5 Å². The van der Waals surface area contributed by atoms with Crippen molar-refractivity contribution in [3.8, 4) is 0 Å². The topological polar surface area (TPSA) is 51.0 Å². The van der Waals surface area contributed by atoms with Gasteiger partial charge >= 0.3 is 0 Å². The van der Waals surface area contributed by atoms with E-state index in [1.807, 2.05) is 6.26 Å². The summed E-state index contributed by atoms with van der Waals surface area (Å²) in [5.74, 6) is 2.30. The van der Waals surface area contributed by atoms with Gasteiger partial charge in [0, 0.05) is 6.04 Å². The lowest BCUT2D eigenvalue weighted by molar-refractivity contribution is 0.383. The molecule has 0 aromatic carbocycles. The molecule has 1 aliphatic rings. The van der Waals surface area contributed by atoms with Gasteiger partial charge in [0.1, 0.15) is 0 Å². The number of thioether (sulfide) groups is 1. The minimum Gasteiger partial charge on any atom is -0.338 e. The highest BCUT2D eigenvalue weighted by Gasteiger charge is 2.20. The first-order chi connectivity index (χ1) is 6.38. The molecule has 0 saturated heterocycles. The molecular formula is C8H13N3OS. The van der Waals surface area contributed by atoms with Crippen molar-refractivity contribution in [2.75, 3.05) is 6.26 Å². The van der Waals surface area contributed by atoms with Crippen LogP contribution in [0.3, 0.4) is 0 Å². The fourth-order valence-electron chi connectivity index (χ4n) is 1.07. The van der Waals surface area contributed by atoms with E-state index < -0.39 is 0 Å². The van der Waals surface area contributed by atoms with E-state index in [1.54, 1.807) is 11.8 Å². The SMILES string of the molecule is CSCc1nc(CNC2CC2)no1. The van der Waals surface area contributed by atoms with Crippen molar-refractivity contribution in [2.45, 2.75) is 31.2 Å². The zero-order valence-electron chi connectivity index (χ0n) is 7.62. The van der Waals surface area contributed by atoms with Gasteiger partial charge in [0.2, 0.25) is 5.89 Å². The molecule has 2 rings (SSSR count). The molecule has 0 atom stereocenters. The Bertz CT molecular complexity index is 272. The van der Waals surface area contributed by atoms with E-state index in [1.165, 1.54) is 12.8 Å². The van der Waals surface area contributed by atoms with Crippen molar-refractivity contribution in [2.24, 2.45) is 0 Å². The van der Waals surface area contributed by atoms with Crippen LogP contribution in [-0.4, -0.2) is 22.4 Å². The third-order valence-corrected chi connectivity index (χ3v) is 2.44. The monoisotopic (exact) mass is 199 g/mol. The van der Waals surface area contributed by atoms with E-state index in [9.17, 15) is 0 Å². The molecule has 72 valence electrons. The third-order valence-electron chi connectivity index (χ3n) is 1.90. The van der Waals surface area contributed by atoms with E-state index in [-0.39, 0.29) is 0 Å². The summed E-state index contributed by atoms with van der Waals surface area (Å²) in [6.45, 7) is 0.739. The number of aromatic nitrogens is 2. The molecule has 13 heavy (non-hydrogen) atoms. The molecular weight excluding hydrogens is 186 g/mol. The summed E-state index contributed by atoms with van der Waals surface area (Å²) in [5, 5.41) is 7.21. The standard InChI is InChI=1S/C8H13N3OS/c1-13-5-8-10-7(11-12-8)4-9-6-2-3-6/h6,9H,2-5H2,1H3. The summed E-state index contributed by atoms with van der Waals surface area (Å²) in [7, 11) is 0. The number of hydrogen-bond donors (Lipinski definition) is 1. The molecule has 0 radical (unpaired) electrons. The van der Waals surface area contributed by atoms with Gasteiger partial charge in [-0.25, -0.2) is 0 Å². The lowest BCUT2D eigenvalue weighted by Gasteiger charge is -1.94. The van der Waals surface area contributed by atoms with Crippen molar-refractivity contribution in [3.05, 3.63) is 11.7 Å². The number of nitrogens with one attached hydrogen (secondary N) is 1. The lowest BCUT2D eigenvalue weighted by atomic mass is 10.5. The van der Waals surface area contributed by atoms with Gasteiger partial charge in [-0.1, -0.05) is 5.16 Å². The molecule has 0 amide bonds. The zero-order valence-corrected chi connectivity index (χ0v) is 8.43. The molecule has 1 saturated carbocycles. The molecule has 0 spiro atoms. The van der Waals surface area contributed by atoms with Crippen LogP contribution in [-0.2, 0) is 12.3 Å². The Morgan fingerprint density at radius 1 is 1.62 bits per heavy atom. The Kier molecular flexibility index (Phi) is 2.85. The van der Waals surface area contributed by atoms with Crippen LogP contribution in [0.1, 0.15) is 24.6 Å². The van der Waals surface area contributed by atoms with Crippen LogP contribution in [0.2, 0.25) is 0 Å². The molecule has 0 bridgehead atoms. The van der Waals surface area contributed by atoms with Gasteiger partial charge < -0.3 is 9.84 Å². The minimum atomic E-state index is 0.697. The van der Waals surface area contributed by atoms with Gasteiger partial charge in [-0.2, -0.15) is 16.7 Å². The van der Waals surface area contributed by atoms with Gasteiger partial charge in [0.05, 0.1) is 12.3 Å². The predicted octanol–water partition coefficient (Wildman–Crippen LogP) is 1.18. The van der Waals surface area contributed by atoms with E-state index in [4.69, 9.17) is 4.52 Å². The second-order valence-corrected chi connectivity index (χ2v) is 4.06. The molecule has 1 aromatic heterocycles. The maximum atomic E-state index is 5.04. The fourth-order valence-corrected chi connectivity index (χ4v) is 1.43. The minimum absolute atomic E-state index is 0.697. The molecule has 5 heteroatoms. The first-order valence-electron chi connectivity index (χ1n) is 4.42. The largest absolute Gasteiger partial charge is 0.338 e. The Hall–Kier alpha value is -0.550. The maximum absolute atomic E-state index is 5.04. The predicted molar refractivity (Wildman–Crippen MR) is 51.4 cm³/mol. The van der Waals surface area contributed by atoms with Gasteiger partial charge in [-0.3, -0.25) is 0 Å². The average Bonchev–Trinajstić information content (AvgIpc) is 2.85. The van der Waals surface area contributed by atoms with E-state index >= 15 is 0 Å². The van der Waals surface area contributed by atoms with Crippen molar-refractivity contribution in [3.63, 3.8) is 0 Å². The molecule has 1 fully saturated rings. The van der Waals surface area contributed by atoms with Crippen LogP contribution >= 0.6 is 11.8 Å². The highest BCUT2D eigenvalue weighted by Crippen LogP contribution is 2.18. The molecule has 1 aliphatic carbocycles. The average molecular weight is 199 g/mol. The summed E-state index contributed by atoms with van der Waals surface area (Å²) in [6, 6.07) is 0.697. The Labute approximate surface area is 81.5 Å². The van der Waals surface area contributed by atoms with Crippen LogP contribution in [0.4, 0.5) is 0 Å². The summed E-state index contributed by atoms with van der Waals surface area (Å²) < 4.78 is 5.04. The molecule has 1 N–H and O–H groups in total. The van der Waals surface area contributed by atoms with E-state index in [2.05, 4.69) is 15.5 Å². The van der Waals surface area contributed by atoms with E-state index in [0.29, 0.717) is 6.04 Å². The van der Waals surface area contributed by atoms with Crippen LogP contribution in [0.15, 0.2) is 4.52 Å². The molecule has 1 heterocycles. The van der Waals surface area contributed by atoms with Crippen LogP contribution < -0.4 is 5.32 Å². The van der Waals surface area contributed by atoms with Gasteiger partial charge in [0.15, 0.2) is 5.82 Å². The summed E-state index contributed by atoms with van der Waals surface area (Å²) >= 11 is 1.69. The molecule has 1 aromatic rings. The number of nitrogens with zero attached hydrogens (tertiary/aromatic N) is 2. The summed E-state index contributed by atoms with van der Waals surface area (Å²) in [6.07, 6.45) is 4.59. The Morgan fingerprint density at radius 3 is 3.15 bits per heavy atom. The highest BCUT2D eigenvalue weighted by molar-refractivity contribution is 7.97. The fraction of sp³-hybridized carbons (Fsp3) is 0.750. The molecule has 0 aliphatic heterocycles. The van der Waals surface area contributed by atoms with Gasteiger partial charge in [-0.15, -0.1) is 0 Å². The molecule has 0 unspecified atom stereocenters. The maximum Gasteiger partial charge on any atom is 0.236 e. The van der Waals surface area contributed by atoms with Crippen LogP contribution in [0.25, 0.3) is 0 Å². The van der Waals surface area contributed by atoms with Gasteiger partial charge in [-0.05, 0) is 19.1 Å². The highest BCUT2D eigenvalue weighted by atomic mass is 32.2. The van der Waals surface area contributed by atoms with Crippen molar-refractivity contribution in [1.29, 1.82) is 0 Å². The van der Waals surface area contributed by atoms with Gasteiger partial charge in [0.25, 0.3) is 0 Å². The van der Waals surface area contributed by atoms with E-state index in [0.717, 1.165) is 24.0 Å². The van der Waals surface area contributed by atoms with Crippen molar-refractivity contribution < 1.29 is 4.52 Å². The van der Waals surface area contributed by atoms with Crippen LogP contribution in [0, 0.1) is 0 Å². The smallest absolute Gasteiger partial charge is 0.236 e. The Morgan fingerprint density at radius 2 is 2.46 bits per heavy atom. The second kappa shape index (κ2) is 4.11. The Balaban J connectivity index is 1.81. The normalized spacial score (nSPS) is 16.4. The number of rotatable bonds is 5. The lowest BCUT2D eigenvalue weighted by Crippen LogP contribution is -2.16. The van der Waals surface area contributed by atoms with Crippen LogP contribution in [0.5, 0.6) is 0 Å². The molecule has 4 nitrogen and oxygen atoms in total. The first-order valence-corrected chi connectivity index (χ1v) is 5.81. The third kappa shape index (κ3) is 2.70. The van der Waals surface area contributed by atoms with Crippen molar-refractivity contribution >= 4 is 11.8 Å². The second-order valence-electron chi connectivity index (χ2n) is 3.19. The first kappa shape index (κ1) is 9.02. The summed E-state index contributed by atoms with van der Waals surface area (Å²) in [5.41, 5.74) is 0. The number of hydrogen-bond acceptors (Lipinski definition) is 5. The zero-order chi connectivity index (χ0) is 9.10. The summed E-state index contributed by atoms with van der Waals surface area (Å²) in [4.78, 5) is 4.24. The quantitative estimate of drug-likeness (QED) is 0.771.